The molecule has 0 radical (unpaired) electrons. The van der Waals surface area contributed by atoms with E-state index in [-0.39, 0.29) is 0 Å². The van der Waals surface area contributed by atoms with E-state index < -0.39 is 0 Å². The molecule has 0 aliphatic rings. The molecule has 0 amide bonds. The average Bonchev–Trinajstić information content (AvgIpc) is 3.58. The van der Waals surface area contributed by atoms with Gasteiger partial charge in [0, 0.05) is 0 Å². The molecule has 0 saturated carbocycles. The van der Waals surface area contributed by atoms with E-state index in [1.165, 1.54) is 35.3 Å². The Labute approximate surface area is 216 Å². The highest BCUT2D eigenvalue weighted by molar-refractivity contribution is 8.00. The molecule has 0 aliphatic carbocycles. The van der Waals surface area contributed by atoms with Crippen LogP contribution in [0.3, 0.4) is 0 Å². The first-order chi connectivity index (χ1) is 17.7. The predicted octanol–water partition coefficient (Wildman–Crippen LogP) is 5.95. The van der Waals surface area contributed by atoms with Crippen LogP contribution in [0.15, 0.2) is 104 Å². The summed E-state index contributed by atoms with van der Waals surface area (Å²) in [6, 6.07) is 23.7. The maximum atomic E-state index is 4.69. The topological polar surface area (TPSA) is 125 Å². The van der Waals surface area contributed by atoms with Gasteiger partial charge in [0.2, 0.25) is 0 Å². The predicted molar refractivity (Wildman–Crippen MR) is 140 cm³/mol. The molecular weight excluding hydrogens is 511 g/mol. The second-order valence-electron chi connectivity index (χ2n) is 7.67. The van der Waals surface area contributed by atoms with Gasteiger partial charge in [-0.15, -0.1) is 0 Å². The van der Waals surface area contributed by atoms with E-state index >= 15 is 0 Å². The van der Waals surface area contributed by atoms with Gasteiger partial charge in [-0.1, -0.05) is 36.4 Å². The van der Waals surface area contributed by atoms with Gasteiger partial charge in [0.15, 0.2) is 30.9 Å². The Morgan fingerprint density at radius 1 is 0.389 bits per heavy atom. The van der Waals surface area contributed by atoms with E-state index in [1.54, 1.807) is 0 Å². The lowest BCUT2D eigenvalue weighted by atomic mass is 10.3. The minimum Gasteiger partial charge on any atom is -0.333 e. The third-order valence-electron chi connectivity index (χ3n) is 5.24. The fourth-order valence-corrected chi connectivity index (χ4v) is 6.05. The maximum absolute atomic E-state index is 4.69. The molecule has 4 aromatic heterocycles. The molecule has 0 atom stereocenters. The second kappa shape index (κ2) is 8.97. The molecule has 0 aliphatic heterocycles. The van der Waals surface area contributed by atoms with Crippen LogP contribution in [-0.4, -0.2) is 44.9 Å². The molecule has 7 aromatic rings. The van der Waals surface area contributed by atoms with Crippen molar-refractivity contribution in [3.05, 3.63) is 72.8 Å². The molecule has 4 heterocycles. The highest BCUT2D eigenvalue weighted by Gasteiger charge is 2.16. The summed E-state index contributed by atoms with van der Waals surface area (Å²) >= 11 is 4.07. The third-order valence-corrected chi connectivity index (χ3v) is 7.50. The zero-order valence-electron chi connectivity index (χ0n) is 18.3. The summed E-state index contributed by atoms with van der Waals surface area (Å²) in [7, 11) is 0. The summed E-state index contributed by atoms with van der Waals surface area (Å²) in [6.07, 6.45) is 0. The van der Waals surface area contributed by atoms with Crippen molar-refractivity contribution < 1.29 is 0 Å². The van der Waals surface area contributed by atoms with Gasteiger partial charge < -0.3 is 15.0 Å². The number of nitrogens with zero attached hydrogens (tertiary/aromatic N) is 6. The SMILES string of the molecule is c1ccc2[nH]c(Sc3nc(Sc4nc5ccccc5[nH]4)nc(Sc4nc5ccccc5[nH]4)n3)nc2c1. The van der Waals surface area contributed by atoms with Crippen LogP contribution in [0, 0.1) is 0 Å². The zero-order valence-corrected chi connectivity index (χ0v) is 20.8. The Morgan fingerprint density at radius 2 is 0.694 bits per heavy atom. The molecule has 174 valence electrons. The Morgan fingerprint density at radius 3 is 1.00 bits per heavy atom. The van der Waals surface area contributed by atoms with Gasteiger partial charge in [-0.25, -0.2) is 15.0 Å². The second-order valence-corrected chi connectivity index (χ2v) is 10.5. The van der Waals surface area contributed by atoms with Crippen LogP contribution in [0.1, 0.15) is 0 Å². The summed E-state index contributed by atoms with van der Waals surface area (Å²) in [5, 5.41) is 3.72. The molecule has 7 rings (SSSR count). The number of nitrogens with one attached hydrogen (secondary N) is 3. The quantitative estimate of drug-likeness (QED) is 0.241. The van der Waals surface area contributed by atoms with Gasteiger partial charge in [-0.05, 0) is 71.7 Å². The van der Waals surface area contributed by atoms with Crippen LogP contribution in [0.2, 0.25) is 0 Å². The van der Waals surface area contributed by atoms with Crippen molar-refractivity contribution in [1.29, 1.82) is 0 Å². The average molecular weight is 526 g/mol. The number of hydrogen-bond donors (Lipinski definition) is 3. The maximum Gasteiger partial charge on any atom is 0.200 e. The number of benzene rings is 3. The normalized spacial score (nSPS) is 11.7. The summed E-state index contributed by atoms with van der Waals surface area (Å²) in [5.41, 5.74) is 5.56. The van der Waals surface area contributed by atoms with E-state index in [9.17, 15) is 0 Å². The number of aromatic nitrogens is 9. The number of para-hydroxylation sites is 6. The standard InChI is InChI=1S/C24H15N9S3/c1-2-8-14-13(7-1)25-19(26-14)34-22-31-23(35-20-27-15-9-3-4-10-16(15)28-20)33-24(32-22)36-21-29-17-11-5-6-12-18(17)30-21/h1-12H,(H,25,26)(H,27,28)(H,29,30). The van der Waals surface area contributed by atoms with Crippen LogP contribution < -0.4 is 0 Å². The molecule has 12 heteroatoms. The lowest BCUT2D eigenvalue weighted by Crippen LogP contribution is -1.98. The van der Waals surface area contributed by atoms with Crippen LogP contribution in [0.5, 0.6) is 0 Å². The van der Waals surface area contributed by atoms with Gasteiger partial charge in [0.05, 0.1) is 33.1 Å². The number of hydrogen-bond acceptors (Lipinski definition) is 9. The molecule has 0 bridgehead atoms. The molecule has 36 heavy (non-hydrogen) atoms. The van der Waals surface area contributed by atoms with E-state index in [2.05, 4.69) is 44.9 Å². The highest BCUT2D eigenvalue weighted by atomic mass is 32.2. The van der Waals surface area contributed by atoms with Crippen LogP contribution in [-0.2, 0) is 0 Å². The Balaban J connectivity index is 1.24. The molecule has 0 fully saturated rings. The van der Waals surface area contributed by atoms with Crippen molar-refractivity contribution in [3.8, 4) is 0 Å². The molecule has 9 nitrogen and oxygen atoms in total. The van der Waals surface area contributed by atoms with Gasteiger partial charge in [0.1, 0.15) is 0 Å². The van der Waals surface area contributed by atoms with E-state index in [0.717, 1.165) is 33.1 Å². The number of rotatable bonds is 6. The van der Waals surface area contributed by atoms with Gasteiger partial charge >= 0.3 is 0 Å². The fraction of sp³-hybridized carbons (Fsp3) is 0. The number of aromatic amines is 3. The van der Waals surface area contributed by atoms with Crippen molar-refractivity contribution in [2.24, 2.45) is 0 Å². The largest absolute Gasteiger partial charge is 0.333 e. The number of fused-ring (bicyclic) bond motifs is 3. The summed E-state index contributed by atoms with van der Waals surface area (Å²) in [6.45, 7) is 0. The fourth-order valence-electron chi connectivity index (χ4n) is 3.65. The van der Waals surface area contributed by atoms with Crippen LogP contribution in [0.4, 0.5) is 0 Å². The molecule has 0 unspecified atom stereocenters. The van der Waals surface area contributed by atoms with Crippen molar-refractivity contribution >= 4 is 68.4 Å². The minimum atomic E-state index is 0.529. The highest BCUT2D eigenvalue weighted by Crippen LogP contribution is 2.32. The van der Waals surface area contributed by atoms with E-state index in [4.69, 9.17) is 0 Å². The van der Waals surface area contributed by atoms with Crippen molar-refractivity contribution in [2.45, 2.75) is 30.9 Å². The number of imidazole rings is 3. The summed E-state index contributed by atoms with van der Waals surface area (Å²) in [5.74, 6) is 0. The first-order valence-corrected chi connectivity index (χ1v) is 13.3. The lowest BCUT2D eigenvalue weighted by molar-refractivity contribution is 0.713. The third kappa shape index (κ3) is 4.30. The van der Waals surface area contributed by atoms with Gasteiger partial charge in [0.25, 0.3) is 0 Å². The summed E-state index contributed by atoms with van der Waals surface area (Å²) < 4.78 is 0. The van der Waals surface area contributed by atoms with Crippen molar-refractivity contribution in [3.63, 3.8) is 0 Å². The van der Waals surface area contributed by atoms with Gasteiger partial charge in [-0.3, -0.25) is 0 Å². The van der Waals surface area contributed by atoms with Crippen LogP contribution >= 0.6 is 35.3 Å². The smallest absolute Gasteiger partial charge is 0.200 e. The lowest BCUT2D eigenvalue weighted by Gasteiger charge is -2.04. The number of H-pyrrole nitrogens is 3. The molecule has 0 saturated heterocycles. The zero-order chi connectivity index (χ0) is 23.9. The van der Waals surface area contributed by atoms with Gasteiger partial charge in [-0.2, -0.15) is 15.0 Å². The monoisotopic (exact) mass is 525 g/mol. The Kier molecular flexibility index (Phi) is 5.34. The first-order valence-electron chi connectivity index (χ1n) is 10.9. The Hall–Kier alpha value is -3.87. The molecule has 0 spiro atoms. The van der Waals surface area contributed by atoms with Crippen molar-refractivity contribution in [2.75, 3.05) is 0 Å². The first kappa shape index (κ1) is 21.4. The van der Waals surface area contributed by atoms with Crippen LogP contribution in [0.25, 0.3) is 33.1 Å². The van der Waals surface area contributed by atoms with Crippen molar-refractivity contribution in [1.82, 2.24) is 44.9 Å². The van der Waals surface area contributed by atoms with E-state index in [1.807, 2.05) is 72.8 Å². The molecule has 3 N–H and O–H groups in total. The minimum absolute atomic E-state index is 0.529. The Bertz CT molecular complexity index is 1530. The molecule has 3 aromatic carbocycles. The molecular formula is C24H15N9S3. The van der Waals surface area contributed by atoms with E-state index in [0.29, 0.717) is 30.9 Å². The summed E-state index contributed by atoms with van der Waals surface area (Å²) in [4.78, 5) is 38.0.